The second-order valence-electron chi connectivity index (χ2n) is 6.70. The monoisotopic (exact) mass is 415 g/mol. The number of hydrogen-bond acceptors (Lipinski definition) is 7. The predicted octanol–water partition coefficient (Wildman–Crippen LogP) is 2.84. The molecule has 2 heterocycles. The average Bonchev–Trinajstić information content (AvgIpc) is 2.76. The summed E-state index contributed by atoms with van der Waals surface area (Å²) in [5.41, 5.74) is 1.04. The molecule has 8 heteroatoms. The summed E-state index contributed by atoms with van der Waals surface area (Å²) in [5, 5.41) is 2.84. The molecule has 0 aliphatic carbocycles. The van der Waals surface area contributed by atoms with Crippen LogP contribution in [-0.2, 0) is 4.74 Å². The lowest BCUT2D eigenvalue weighted by Crippen LogP contribution is -2.38. The van der Waals surface area contributed by atoms with Gasteiger partial charge in [0, 0.05) is 37.3 Å². The highest BCUT2D eigenvalue weighted by Gasteiger charge is 2.12. The number of nitrogens with zero attached hydrogens (tertiary/aromatic N) is 2. The van der Waals surface area contributed by atoms with Crippen molar-refractivity contribution in [2.45, 2.75) is 13.8 Å². The van der Waals surface area contributed by atoms with E-state index in [1.807, 2.05) is 13.8 Å². The Morgan fingerprint density at radius 3 is 2.37 bits per heavy atom. The second kappa shape index (κ2) is 11.4. The second-order valence-corrected chi connectivity index (χ2v) is 6.70. The number of hydrogen-bond donors (Lipinski definition) is 1. The molecule has 2 aromatic rings. The van der Waals surface area contributed by atoms with Crippen LogP contribution in [0.15, 0.2) is 36.5 Å². The predicted molar refractivity (Wildman–Crippen MR) is 114 cm³/mol. The molecular formula is C22H29N3O5. The van der Waals surface area contributed by atoms with Crippen LogP contribution >= 0.6 is 0 Å². The standard InChI is InChI=1S/C22H29N3O5/c1-3-28-19-13-17(14-20(15-19)29-4-2)22(26)24-18-5-6-21(23-16-18)30-12-9-25-7-10-27-11-8-25/h5-6,13-16H,3-4,7-12H2,1-2H3,(H,24,26). The highest BCUT2D eigenvalue weighted by atomic mass is 16.5. The molecule has 1 N–H and O–H groups in total. The summed E-state index contributed by atoms with van der Waals surface area (Å²) in [6.07, 6.45) is 1.58. The molecular weight excluding hydrogens is 386 g/mol. The lowest BCUT2D eigenvalue weighted by atomic mass is 10.2. The molecule has 1 aliphatic heterocycles. The number of nitrogens with one attached hydrogen (secondary N) is 1. The molecule has 0 bridgehead atoms. The maximum absolute atomic E-state index is 12.7. The van der Waals surface area contributed by atoms with E-state index < -0.39 is 0 Å². The van der Waals surface area contributed by atoms with Crippen LogP contribution in [0.3, 0.4) is 0 Å². The fourth-order valence-electron chi connectivity index (χ4n) is 3.05. The van der Waals surface area contributed by atoms with Gasteiger partial charge in [-0.05, 0) is 32.0 Å². The van der Waals surface area contributed by atoms with E-state index in [9.17, 15) is 4.79 Å². The number of rotatable bonds is 10. The summed E-state index contributed by atoms with van der Waals surface area (Å²) in [5.74, 6) is 1.45. The van der Waals surface area contributed by atoms with Gasteiger partial charge in [0.2, 0.25) is 5.88 Å². The summed E-state index contributed by atoms with van der Waals surface area (Å²) >= 11 is 0. The lowest BCUT2D eigenvalue weighted by Gasteiger charge is -2.26. The van der Waals surface area contributed by atoms with E-state index in [-0.39, 0.29) is 5.91 Å². The molecule has 1 amide bonds. The van der Waals surface area contributed by atoms with E-state index in [2.05, 4.69) is 15.2 Å². The minimum atomic E-state index is -0.264. The van der Waals surface area contributed by atoms with Crippen molar-refractivity contribution in [3.63, 3.8) is 0 Å². The Morgan fingerprint density at radius 2 is 1.77 bits per heavy atom. The van der Waals surface area contributed by atoms with E-state index in [0.717, 1.165) is 32.8 Å². The molecule has 0 unspecified atom stereocenters. The van der Waals surface area contributed by atoms with Gasteiger partial charge in [0.25, 0.3) is 5.91 Å². The largest absolute Gasteiger partial charge is 0.494 e. The van der Waals surface area contributed by atoms with E-state index in [0.29, 0.717) is 48.5 Å². The van der Waals surface area contributed by atoms with Crippen LogP contribution in [0.4, 0.5) is 5.69 Å². The first-order chi connectivity index (χ1) is 14.7. The first-order valence-electron chi connectivity index (χ1n) is 10.3. The lowest BCUT2D eigenvalue weighted by molar-refractivity contribution is 0.0320. The van der Waals surface area contributed by atoms with Gasteiger partial charge < -0.3 is 24.3 Å². The Morgan fingerprint density at radius 1 is 1.07 bits per heavy atom. The summed E-state index contributed by atoms with van der Waals surface area (Å²) < 4.78 is 22.1. The van der Waals surface area contributed by atoms with Crippen LogP contribution in [0.1, 0.15) is 24.2 Å². The molecule has 0 atom stereocenters. The van der Waals surface area contributed by atoms with Crippen molar-refractivity contribution in [1.82, 2.24) is 9.88 Å². The van der Waals surface area contributed by atoms with Crippen LogP contribution in [-0.4, -0.2) is 68.5 Å². The van der Waals surface area contributed by atoms with Crippen LogP contribution < -0.4 is 19.5 Å². The Hall–Kier alpha value is -2.84. The highest BCUT2D eigenvalue weighted by Crippen LogP contribution is 2.24. The maximum atomic E-state index is 12.7. The Labute approximate surface area is 177 Å². The maximum Gasteiger partial charge on any atom is 0.255 e. The van der Waals surface area contributed by atoms with Crippen LogP contribution in [0.5, 0.6) is 17.4 Å². The normalized spacial score (nSPS) is 14.2. The number of pyridine rings is 1. The molecule has 1 fully saturated rings. The van der Waals surface area contributed by atoms with Gasteiger partial charge >= 0.3 is 0 Å². The molecule has 1 aromatic heterocycles. The van der Waals surface area contributed by atoms with Crippen molar-refractivity contribution >= 4 is 11.6 Å². The van der Waals surface area contributed by atoms with Gasteiger partial charge in [-0.25, -0.2) is 4.98 Å². The molecule has 1 saturated heterocycles. The average molecular weight is 415 g/mol. The molecule has 30 heavy (non-hydrogen) atoms. The molecule has 162 valence electrons. The first-order valence-corrected chi connectivity index (χ1v) is 10.3. The molecule has 0 spiro atoms. The Balaban J connectivity index is 1.54. The number of ether oxygens (including phenoxy) is 4. The third kappa shape index (κ3) is 6.60. The van der Waals surface area contributed by atoms with E-state index >= 15 is 0 Å². The number of morpholine rings is 1. The van der Waals surface area contributed by atoms with E-state index in [1.54, 1.807) is 36.5 Å². The third-order valence-electron chi connectivity index (χ3n) is 4.52. The van der Waals surface area contributed by atoms with E-state index in [4.69, 9.17) is 18.9 Å². The number of amides is 1. The summed E-state index contributed by atoms with van der Waals surface area (Å²) in [4.78, 5) is 19.2. The van der Waals surface area contributed by atoms with Gasteiger partial charge in [0.05, 0.1) is 38.3 Å². The van der Waals surface area contributed by atoms with Crippen molar-refractivity contribution in [2.75, 3.05) is 58.0 Å². The summed E-state index contributed by atoms with van der Waals surface area (Å²) in [6.45, 7) is 9.59. The quantitative estimate of drug-likeness (QED) is 0.639. The van der Waals surface area contributed by atoms with Crippen LogP contribution in [0.25, 0.3) is 0 Å². The van der Waals surface area contributed by atoms with Gasteiger partial charge in [-0.2, -0.15) is 0 Å². The Kier molecular flexibility index (Phi) is 8.29. The number of carbonyl (C=O) groups excluding carboxylic acids is 1. The topological polar surface area (TPSA) is 82.2 Å². The van der Waals surface area contributed by atoms with Gasteiger partial charge in [-0.1, -0.05) is 0 Å². The van der Waals surface area contributed by atoms with E-state index in [1.165, 1.54) is 0 Å². The number of benzene rings is 1. The van der Waals surface area contributed by atoms with Crippen molar-refractivity contribution < 1.29 is 23.7 Å². The van der Waals surface area contributed by atoms with Crippen LogP contribution in [0, 0.1) is 0 Å². The molecule has 0 radical (unpaired) electrons. The first kappa shape index (κ1) is 21.9. The zero-order valence-corrected chi connectivity index (χ0v) is 17.6. The number of carbonyl (C=O) groups is 1. The van der Waals surface area contributed by atoms with Crippen molar-refractivity contribution in [1.29, 1.82) is 0 Å². The van der Waals surface area contributed by atoms with Crippen molar-refractivity contribution in [3.8, 4) is 17.4 Å². The summed E-state index contributed by atoms with van der Waals surface area (Å²) in [6, 6.07) is 8.67. The zero-order valence-electron chi connectivity index (χ0n) is 17.6. The van der Waals surface area contributed by atoms with Crippen molar-refractivity contribution in [2.24, 2.45) is 0 Å². The fraction of sp³-hybridized carbons (Fsp3) is 0.455. The molecule has 3 rings (SSSR count). The highest BCUT2D eigenvalue weighted by molar-refractivity contribution is 6.04. The number of anilines is 1. The molecule has 1 aromatic carbocycles. The number of aromatic nitrogens is 1. The van der Waals surface area contributed by atoms with Crippen molar-refractivity contribution in [3.05, 3.63) is 42.1 Å². The zero-order chi connectivity index (χ0) is 21.2. The fourth-order valence-corrected chi connectivity index (χ4v) is 3.05. The summed E-state index contributed by atoms with van der Waals surface area (Å²) in [7, 11) is 0. The SMILES string of the molecule is CCOc1cc(OCC)cc(C(=O)Nc2ccc(OCCN3CCOCC3)nc2)c1. The molecule has 1 aliphatic rings. The smallest absolute Gasteiger partial charge is 0.255 e. The third-order valence-corrected chi connectivity index (χ3v) is 4.52. The molecule has 0 saturated carbocycles. The molecule has 8 nitrogen and oxygen atoms in total. The minimum absolute atomic E-state index is 0.264. The van der Waals surface area contributed by atoms with Gasteiger partial charge in [-0.15, -0.1) is 0 Å². The van der Waals surface area contributed by atoms with Gasteiger partial charge in [-0.3, -0.25) is 9.69 Å². The van der Waals surface area contributed by atoms with Gasteiger partial charge in [0.1, 0.15) is 18.1 Å². The van der Waals surface area contributed by atoms with Crippen LogP contribution in [0.2, 0.25) is 0 Å². The minimum Gasteiger partial charge on any atom is -0.494 e. The Bertz CT molecular complexity index is 783. The van der Waals surface area contributed by atoms with Gasteiger partial charge in [0.15, 0.2) is 0 Å².